The predicted octanol–water partition coefficient (Wildman–Crippen LogP) is 2.39. The minimum Gasteiger partial charge on any atom is -0.467 e. The molecule has 1 aromatic heterocycles. The van der Waals surface area contributed by atoms with Gasteiger partial charge in [0.15, 0.2) is 0 Å². The number of sulfonamides is 1. The van der Waals surface area contributed by atoms with Gasteiger partial charge in [0.05, 0.1) is 23.7 Å². The average molecular weight is 420 g/mol. The van der Waals surface area contributed by atoms with E-state index in [0.717, 1.165) is 16.7 Å². The lowest BCUT2D eigenvalue weighted by Crippen LogP contribution is -2.51. The first-order valence-corrected chi connectivity index (χ1v) is 11.3. The second-order valence-electron chi connectivity index (χ2n) is 7.71. The molecule has 0 spiro atoms. The molecule has 3 rings (SSSR count). The number of carbonyl (C=O) groups is 1. The molecule has 2 aromatic rings. The van der Waals surface area contributed by atoms with Crippen LogP contribution in [0.15, 0.2) is 39.8 Å². The zero-order chi connectivity index (χ0) is 21.2. The lowest BCUT2D eigenvalue weighted by Gasteiger charge is -2.34. The molecule has 1 fully saturated rings. The molecule has 8 heteroatoms. The van der Waals surface area contributed by atoms with E-state index in [-0.39, 0.29) is 18.5 Å². The van der Waals surface area contributed by atoms with E-state index in [2.05, 4.69) is 5.32 Å². The molecule has 1 atom stereocenters. The Bertz CT molecular complexity index is 939. The van der Waals surface area contributed by atoms with E-state index in [9.17, 15) is 13.2 Å². The van der Waals surface area contributed by atoms with Crippen molar-refractivity contribution >= 4 is 15.9 Å². The van der Waals surface area contributed by atoms with E-state index in [1.165, 1.54) is 4.31 Å². The number of piperazine rings is 1. The van der Waals surface area contributed by atoms with E-state index < -0.39 is 10.0 Å². The van der Waals surface area contributed by atoms with Crippen LogP contribution in [0.4, 0.5) is 0 Å². The van der Waals surface area contributed by atoms with Crippen molar-refractivity contribution in [1.29, 1.82) is 0 Å². The number of carbonyl (C=O) groups excluding carboxylic acids is 1. The summed E-state index contributed by atoms with van der Waals surface area (Å²) in [6, 6.07) is 7.21. The molecule has 7 nitrogen and oxygen atoms in total. The topological polar surface area (TPSA) is 82.9 Å². The SMILES string of the molecule is Cc1cc(C)c(S(=O)(=O)N2CCN(CC(=O)N[C@H](C)c3ccco3)CC2)c(C)c1. The Morgan fingerprint density at radius 1 is 1.14 bits per heavy atom. The first-order valence-electron chi connectivity index (χ1n) is 9.81. The maximum absolute atomic E-state index is 13.2. The fourth-order valence-electron chi connectivity index (χ4n) is 3.93. The summed E-state index contributed by atoms with van der Waals surface area (Å²) in [6.45, 7) is 9.53. The summed E-state index contributed by atoms with van der Waals surface area (Å²) >= 11 is 0. The molecule has 1 saturated heterocycles. The van der Waals surface area contributed by atoms with Gasteiger partial charge in [0.25, 0.3) is 0 Å². The lowest BCUT2D eigenvalue weighted by molar-refractivity contribution is -0.123. The Hall–Kier alpha value is -2.16. The third kappa shape index (κ3) is 4.88. The second kappa shape index (κ2) is 8.69. The zero-order valence-electron chi connectivity index (χ0n) is 17.4. The van der Waals surface area contributed by atoms with Crippen LogP contribution in [0.5, 0.6) is 0 Å². The summed E-state index contributed by atoms with van der Waals surface area (Å²) in [6.07, 6.45) is 1.58. The first-order chi connectivity index (χ1) is 13.7. The van der Waals surface area contributed by atoms with Gasteiger partial charge in [0.2, 0.25) is 15.9 Å². The van der Waals surface area contributed by atoms with Crippen molar-refractivity contribution in [3.63, 3.8) is 0 Å². The van der Waals surface area contributed by atoms with Gasteiger partial charge in [-0.2, -0.15) is 4.31 Å². The van der Waals surface area contributed by atoms with Crippen molar-refractivity contribution in [2.24, 2.45) is 0 Å². The van der Waals surface area contributed by atoms with Crippen LogP contribution in [0.2, 0.25) is 0 Å². The van der Waals surface area contributed by atoms with Crippen LogP contribution in [0, 0.1) is 20.8 Å². The van der Waals surface area contributed by atoms with Crippen LogP contribution in [-0.2, 0) is 14.8 Å². The lowest BCUT2D eigenvalue weighted by atomic mass is 10.1. The van der Waals surface area contributed by atoms with E-state index in [1.807, 2.05) is 50.8 Å². The quantitative estimate of drug-likeness (QED) is 0.777. The minimum absolute atomic E-state index is 0.101. The van der Waals surface area contributed by atoms with E-state index in [0.29, 0.717) is 36.8 Å². The summed E-state index contributed by atoms with van der Waals surface area (Å²) in [5.74, 6) is 0.605. The normalized spacial score (nSPS) is 17.2. The van der Waals surface area contributed by atoms with Gasteiger partial charge in [0, 0.05) is 26.2 Å². The highest BCUT2D eigenvalue weighted by Gasteiger charge is 2.31. The van der Waals surface area contributed by atoms with E-state index in [4.69, 9.17) is 4.42 Å². The third-order valence-electron chi connectivity index (χ3n) is 5.25. The Morgan fingerprint density at radius 3 is 2.31 bits per heavy atom. The largest absolute Gasteiger partial charge is 0.467 e. The monoisotopic (exact) mass is 419 g/mol. The molecule has 1 aromatic carbocycles. The van der Waals surface area contributed by atoms with Crippen molar-refractivity contribution in [3.05, 3.63) is 53.0 Å². The van der Waals surface area contributed by atoms with Crippen LogP contribution < -0.4 is 5.32 Å². The molecular weight excluding hydrogens is 390 g/mol. The van der Waals surface area contributed by atoms with Crippen molar-refractivity contribution in [2.75, 3.05) is 32.7 Å². The van der Waals surface area contributed by atoms with Crippen LogP contribution in [0.1, 0.15) is 35.4 Å². The molecule has 1 aliphatic rings. The Labute approximate surface area is 172 Å². The van der Waals surface area contributed by atoms with Crippen molar-refractivity contribution in [1.82, 2.24) is 14.5 Å². The molecule has 1 N–H and O–H groups in total. The molecule has 0 aliphatic carbocycles. The number of nitrogens with one attached hydrogen (secondary N) is 1. The molecule has 0 bridgehead atoms. The summed E-state index contributed by atoms with van der Waals surface area (Å²) in [5, 5.41) is 2.91. The number of nitrogens with zero attached hydrogens (tertiary/aromatic N) is 2. The Morgan fingerprint density at radius 2 is 1.76 bits per heavy atom. The molecule has 1 aliphatic heterocycles. The highest BCUT2D eigenvalue weighted by Crippen LogP contribution is 2.26. The van der Waals surface area contributed by atoms with Gasteiger partial charge in [-0.3, -0.25) is 9.69 Å². The highest BCUT2D eigenvalue weighted by atomic mass is 32.2. The number of amides is 1. The van der Waals surface area contributed by atoms with Gasteiger partial charge in [-0.05, 0) is 51.0 Å². The molecule has 1 amide bonds. The van der Waals surface area contributed by atoms with Gasteiger partial charge >= 0.3 is 0 Å². The van der Waals surface area contributed by atoms with Gasteiger partial charge in [-0.25, -0.2) is 8.42 Å². The van der Waals surface area contributed by atoms with Crippen LogP contribution in [0.25, 0.3) is 0 Å². The van der Waals surface area contributed by atoms with E-state index >= 15 is 0 Å². The Kier molecular flexibility index (Phi) is 6.45. The summed E-state index contributed by atoms with van der Waals surface area (Å²) in [4.78, 5) is 14.7. The van der Waals surface area contributed by atoms with Gasteiger partial charge in [0.1, 0.15) is 5.76 Å². The first kappa shape index (κ1) is 21.5. The van der Waals surface area contributed by atoms with Gasteiger partial charge < -0.3 is 9.73 Å². The molecule has 2 heterocycles. The highest BCUT2D eigenvalue weighted by molar-refractivity contribution is 7.89. The maximum Gasteiger partial charge on any atom is 0.243 e. The van der Waals surface area contributed by atoms with Crippen LogP contribution in [-0.4, -0.2) is 56.3 Å². The number of hydrogen-bond acceptors (Lipinski definition) is 5. The summed E-state index contributed by atoms with van der Waals surface area (Å²) in [7, 11) is -3.55. The smallest absolute Gasteiger partial charge is 0.243 e. The standard InChI is InChI=1S/C21H29N3O4S/c1-15-12-16(2)21(17(3)13-15)29(26,27)24-9-7-23(8-10-24)14-20(25)22-18(4)19-6-5-11-28-19/h5-6,11-13,18H,7-10,14H2,1-4H3,(H,22,25)/t18-/m1/s1. The number of aryl methyl sites for hydroxylation is 3. The molecule has 29 heavy (non-hydrogen) atoms. The molecule has 0 saturated carbocycles. The van der Waals surface area contributed by atoms with Crippen molar-refractivity contribution in [3.8, 4) is 0 Å². The average Bonchev–Trinajstić information content (AvgIpc) is 3.15. The minimum atomic E-state index is -3.55. The zero-order valence-corrected chi connectivity index (χ0v) is 18.3. The van der Waals surface area contributed by atoms with Crippen LogP contribution in [0.3, 0.4) is 0 Å². The number of rotatable bonds is 6. The molecule has 0 unspecified atom stereocenters. The third-order valence-corrected chi connectivity index (χ3v) is 7.45. The van der Waals surface area contributed by atoms with Crippen LogP contribution >= 0.6 is 0 Å². The molecular formula is C21H29N3O4S. The number of hydrogen-bond donors (Lipinski definition) is 1. The maximum atomic E-state index is 13.2. The number of furan rings is 1. The van der Waals surface area contributed by atoms with E-state index in [1.54, 1.807) is 12.3 Å². The molecule has 158 valence electrons. The Balaban J connectivity index is 1.58. The van der Waals surface area contributed by atoms with Gasteiger partial charge in [-0.15, -0.1) is 0 Å². The fraction of sp³-hybridized carbons (Fsp3) is 0.476. The predicted molar refractivity (Wildman–Crippen MR) is 111 cm³/mol. The van der Waals surface area contributed by atoms with Crippen molar-refractivity contribution < 1.29 is 17.6 Å². The molecule has 0 radical (unpaired) electrons. The fourth-order valence-corrected chi connectivity index (χ4v) is 5.76. The summed E-state index contributed by atoms with van der Waals surface area (Å²) in [5.41, 5.74) is 2.60. The summed E-state index contributed by atoms with van der Waals surface area (Å²) < 4.78 is 33.2. The van der Waals surface area contributed by atoms with Gasteiger partial charge in [-0.1, -0.05) is 17.7 Å². The van der Waals surface area contributed by atoms with Crippen molar-refractivity contribution in [2.45, 2.75) is 38.6 Å². The second-order valence-corrected chi connectivity index (χ2v) is 9.59. The number of benzene rings is 1.